The van der Waals surface area contributed by atoms with E-state index >= 15 is 0 Å². The van der Waals surface area contributed by atoms with Gasteiger partial charge in [0.05, 0.1) is 102 Å². The molecule has 0 aliphatic rings. The summed E-state index contributed by atoms with van der Waals surface area (Å²) in [5, 5.41) is 41.4. The number of aliphatic carboxylic acids is 2. The number of benzene rings is 6. The molecule has 690 valence electrons. The monoisotopic (exact) mass is 1850 g/mol. The van der Waals surface area contributed by atoms with Gasteiger partial charge in [0.25, 0.3) is 11.8 Å². The van der Waals surface area contributed by atoms with Gasteiger partial charge in [-0.05, 0) is 152 Å². The van der Waals surface area contributed by atoms with Crippen LogP contribution in [-0.4, -0.2) is 274 Å². The number of nitrogens with one attached hydrogen (secondary N) is 10. The molecule has 0 radical (unpaired) electrons. The Labute approximate surface area is 740 Å². The molecule has 16 N–H and O–H groups in total. The molecule has 0 saturated carbocycles. The molecule has 3 unspecified atom stereocenters. The number of hydrogen-bond acceptors (Lipinski definition) is 27. The van der Waals surface area contributed by atoms with E-state index in [-0.39, 0.29) is 123 Å². The average Bonchev–Trinajstić information content (AvgIpc) is 1.76. The number of primary amides is 2. The van der Waals surface area contributed by atoms with Crippen LogP contribution >= 0.6 is 0 Å². The minimum Gasteiger partial charge on any atom is -0.480 e. The second-order valence-corrected chi connectivity index (χ2v) is 36.1. The lowest BCUT2D eigenvalue weighted by atomic mass is 10.1. The summed E-state index contributed by atoms with van der Waals surface area (Å²) in [6.07, 6.45) is 13.3. The zero-order valence-corrected chi connectivity index (χ0v) is 73.4. The van der Waals surface area contributed by atoms with E-state index in [2.05, 4.69) is 70.3 Å². The first-order valence-electron chi connectivity index (χ1n) is 41.3. The highest BCUT2D eigenvalue weighted by Crippen LogP contribution is 2.27. The van der Waals surface area contributed by atoms with Gasteiger partial charge >= 0.3 is 11.9 Å². The highest BCUT2D eigenvalue weighted by atomic mass is 32.2. The number of carbonyl (C=O) groups excluding carboxylic acids is 4. The third-order valence-electron chi connectivity index (χ3n) is 19.8. The number of rotatable bonds is 63. The molecule has 3 atom stereocenters. The van der Waals surface area contributed by atoms with E-state index < -0.39 is 107 Å². The molecule has 10 rings (SSSR count). The number of imidazole rings is 2. The van der Waals surface area contributed by atoms with Crippen LogP contribution in [0, 0.1) is 0 Å². The number of carboxylic acids is 2. The maximum absolute atomic E-state index is 13.4. The Balaban J connectivity index is 0.523. The zero-order chi connectivity index (χ0) is 91.3. The van der Waals surface area contributed by atoms with E-state index in [1.165, 1.54) is 72.8 Å². The molecule has 6 aromatic carbocycles. The first-order chi connectivity index (χ1) is 61.6. The van der Waals surface area contributed by atoms with Crippen LogP contribution in [0.15, 0.2) is 190 Å². The smallest absolute Gasteiger partial charge is 0.323 e. The quantitative estimate of drug-likeness (QED) is 0.0241. The van der Waals surface area contributed by atoms with Gasteiger partial charge in [0, 0.05) is 145 Å². The Morgan fingerprint density at radius 2 is 0.773 bits per heavy atom. The van der Waals surface area contributed by atoms with Gasteiger partial charge in [-0.25, -0.2) is 53.1 Å². The number of ether oxygens (including phenoxy) is 6. The number of anilines is 2. The van der Waals surface area contributed by atoms with Crippen LogP contribution in [0.4, 0.5) is 11.9 Å². The number of aromatic amines is 2. The highest BCUT2D eigenvalue weighted by molar-refractivity contribution is 7.90. The van der Waals surface area contributed by atoms with E-state index in [1.807, 2.05) is 4.90 Å². The zero-order valence-electron chi connectivity index (χ0n) is 70.1. The molecule has 0 fully saturated rings. The van der Waals surface area contributed by atoms with Crippen LogP contribution in [0.5, 0.6) is 0 Å². The SMILES string of the molecule is NC(=O)CCC(C(N)=O)N(CCCOCCOCCOCCCNS(=O)(=O)c1ccc(-c2ccc(S(=O)(=O)NC(CNC(=O)c3ccc4c(cnn4CCCNc4ncc[nH]4)c3)C(=O)O)cc2)cc1)CCCOCCOCCOCCCNS(=O)(=O)c1ccc(-c2ccc(S(=O)(=O)NC(CNC(=O)c3ccc4c(cnn4CCCNc4ncc[nH]4)c3)C(=O)O)cc2)cc1. The van der Waals surface area contributed by atoms with Gasteiger partial charge in [-0.2, -0.15) is 19.6 Å². The fourth-order valence-electron chi connectivity index (χ4n) is 13.1. The molecule has 0 spiro atoms. The maximum atomic E-state index is 13.4. The third kappa shape index (κ3) is 31.2. The number of aryl methyl sites for hydroxylation is 2. The molecule has 45 heteroatoms. The molecule has 10 aromatic rings. The third-order valence-corrected chi connectivity index (χ3v) is 25.8. The van der Waals surface area contributed by atoms with Crippen molar-refractivity contribution in [3.63, 3.8) is 0 Å². The molecule has 0 aliphatic carbocycles. The van der Waals surface area contributed by atoms with Crippen LogP contribution in [-0.2, 0) is 101 Å². The number of amides is 4. The Kier molecular flexibility index (Phi) is 38.3. The lowest BCUT2D eigenvalue weighted by Gasteiger charge is -2.29. The van der Waals surface area contributed by atoms with Crippen LogP contribution in [0.3, 0.4) is 0 Å². The first kappa shape index (κ1) is 98.6. The predicted octanol–water partition coefficient (Wildman–Crippen LogP) is 3.83. The van der Waals surface area contributed by atoms with Crippen LogP contribution in [0.1, 0.15) is 72.1 Å². The number of hydrogen-bond donors (Lipinski definition) is 14. The lowest BCUT2D eigenvalue weighted by Crippen LogP contribution is -2.48. The van der Waals surface area contributed by atoms with Gasteiger partial charge in [0.1, 0.15) is 12.1 Å². The summed E-state index contributed by atoms with van der Waals surface area (Å²) < 4.78 is 153. The average molecular weight is 1850 g/mol. The molecule has 4 amide bonds. The van der Waals surface area contributed by atoms with E-state index in [0.29, 0.717) is 123 Å². The van der Waals surface area contributed by atoms with Crippen molar-refractivity contribution in [2.24, 2.45) is 11.5 Å². The molecule has 41 nitrogen and oxygen atoms in total. The van der Waals surface area contributed by atoms with Crippen molar-refractivity contribution in [3.8, 4) is 22.3 Å². The molecule has 128 heavy (non-hydrogen) atoms. The maximum Gasteiger partial charge on any atom is 0.323 e. The second kappa shape index (κ2) is 49.7. The number of nitrogens with two attached hydrogens (primary N) is 2. The van der Waals surface area contributed by atoms with E-state index in [1.54, 1.807) is 107 Å². The van der Waals surface area contributed by atoms with Gasteiger partial charge in [0.15, 0.2) is 11.9 Å². The summed E-state index contributed by atoms with van der Waals surface area (Å²) in [6.45, 7) is 5.64. The van der Waals surface area contributed by atoms with Crippen LogP contribution in [0.2, 0.25) is 0 Å². The molecule has 0 aliphatic heterocycles. The fourth-order valence-corrected chi connectivity index (χ4v) is 17.7. The van der Waals surface area contributed by atoms with Crippen molar-refractivity contribution in [2.45, 2.75) is 102 Å². The number of carbonyl (C=O) groups is 6. The minimum atomic E-state index is -4.40. The van der Waals surface area contributed by atoms with E-state index in [9.17, 15) is 72.7 Å². The highest BCUT2D eigenvalue weighted by Gasteiger charge is 2.30. The molecule has 4 aromatic heterocycles. The van der Waals surface area contributed by atoms with Gasteiger partial charge < -0.3 is 81.3 Å². The largest absolute Gasteiger partial charge is 0.480 e. The van der Waals surface area contributed by atoms with Crippen molar-refractivity contribution in [1.29, 1.82) is 0 Å². The van der Waals surface area contributed by atoms with Gasteiger partial charge in [-0.15, -0.1) is 0 Å². The Hall–Kier alpha value is -11.5. The number of nitrogens with zero attached hydrogens (tertiary/aromatic N) is 7. The molecular formula is C83H107N19O22S4. The van der Waals surface area contributed by atoms with Crippen LogP contribution < -0.4 is 51.6 Å². The summed E-state index contributed by atoms with van der Waals surface area (Å²) in [4.78, 5) is 90.5. The van der Waals surface area contributed by atoms with Gasteiger partial charge in [-0.1, -0.05) is 48.5 Å². The lowest BCUT2D eigenvalue weighted by molar-refractivity contribution is -0.139. The topological polar surface area (TPSA) is 579 Å². The van der Waals surface area contributed by atoms with E-state index in [0.717, 1.165) is 23.9 Å². The molecule has 0 saturated heterocycles. The standard InChI is InChI=1S/C83H107N19O22S4/c84-76(103)28-27-75(77(85)104)100(37-5-43-121-47-51-123-49-45-119-41-3-31-96-125(111,112)67-17-7-59(8-18-67)61-11-21-69(22-12-61)127(115,116)98-71(80(107)108)57-92-78(105)63-15-25-73-65(53-63)55-94-101(73)39-1-29-86-82-88-33-34-89-82)38-6-44-122-48-52-124-50-46-120-42-4-32-97-126(113,114)68-19-9-60(10-20-68)62-13-23-70(24-14-62)128(117,118)99-72(81(109)110)58-93-79(106)64-16-26-74-66(54-64)56-95-102(74)40-2-30-87-83-90-35-36-91-83/h7-26,33-36,53-56,71-72,75,96-99H,1-6,27-32,37-52,57-58H2,(H2,84,103)(H2,85,104)(H,92,105)(H,93,106)(H,107,108)(H,109,110)(H2,86,88,89)(H2,87,90,91). The van der Waals surface area contributed by atoms with Crippen molar-refractivity contribution >= 4 is 109 Å². The molecular weight excluding hydrogens is 1740 g/mol. The molecule has 4 heterocycles. The first-order valence-corrected chi connectivity index (χ1v) is 47.2. The number of H-pyrrole nitrogens is 2. The Morgan fingerprint density at radius 3 is 1.10 bits per heavy atom. The van der Waals surface area contributed by atoms with Crippen molar-refractivity contribution in [1.82, 2.24) is 73.9 Å². The Morgan fingerprint density at radius 1 is 0.430 bits per heavy atom. The summed E-state index contributed by atoms with van der Waals surface area (Å²) >= 11 is 0. The van der Waals surface area contributed by atoms with E-state index in [4.69, 9.17) is 39.9 Å². The predicted molar refractivity (Wildman–Crippen MR) is 472 cm³/mol. The Bertz CT molecular complexity index is 5370. The van der Waals surface area contributed by atoms with Gasteiger partial charge in [-0.3, -0.25) is 43.0 Å². The van der Waals surface area contributed by atoms with Gasteiger partial charge in [0.2, 0.25) is 51.9 Å². The normalized spacial score (nSPS) is 12.8. The summed E-state index contributed by atoms with van der Waals surface area (Å²) in [5.74, 6) is -4.10. The van der Waals surface area contributed by atoms with Crippen molar-refractivity contribution < 1.29 is 101 Å². The number of sulfonamides is 4. The number of aromatic nitrogens is 8. The second-order valence-electron chi connectivity index (χ2n) is 29.1. The minimum absolute atomic E-state index is 0.00234. The van der Waals surface area contributed by atoms with Crippen molar-refractivity contribution in [3.05, 3.63) is 182 Å². The number of carboxylic acid groups (broad SMARTS) is 2. The van der Waals surface area contributed by atoms with Crippen molar-refractivity contribution in [2.75, 3.05) is 142 Å². The summed E-state index contributed by atoms with van der Waals surface area (Å²) in [5.41, 5.74) is 15.5. The number of fused-ring (bicyclic) bond motifs is 2. The summed E-state index contributed by atoms with van der Waals surface area (Å²) in [6, 6.07) is 28.6. The summed E-state index contributed by atoms with van der Waals surface area (Å²) in [7, 11) is -16.6. The molecule has 0 bridgehead atoms. The fraction of sp³-hybridized carbons (Fsp3) is 0.398. The van der Waals surface area contributed by atoms with Crippen LogP contribution in [0.25, 0.3) is 44.1 Å².